The second kappa shape index (κ2) is 16.4. The molecule has 0 saturated heterocycles. The van der Waals surface area contributed by atoms with Gasteiger partial charge in [-0.15, -0.1) is 6.58 Å². The number of aliphatic hydroxyl groups is 1. The van der Waals surface area contributed by atoms with E-state index in [0.717, 1.165) is 0 Å². The highest BCUT2D eigenvalue weighted by molar-refractivity contribution is 6.96. The summed E-state index contributed by atoms with van der Waals surface area (Å²) in [7, 11) is -0.340. The molecule has 0 amide bonds. The third-order valence-electron chi connectivity index (χ3n) is 0.109. The van der Waals surface area contributed by atoms with Crippen LogP contribution in [0, 0.1) is 0 Å². The molecule has 0 radical (unpaired) electrons. The molecule has 7 heavy (non-hydrogen) atoms. The van der Waals surface area contributed by atoms with Gasteiger partial charge in [-0.25, -0.2) is 0 Å². The second-order valence-electron chi connectivity index (χ2n) is 0.759. The van der Waals surface area contributed by atoms with Gasteiger partial charge in [-0.05, 0) is 6.92 Å². The highest BCUT2D eigenvalue weighted by Crippen LogP contribution is 1.61. The van der Waals surface area contributed by atoms with Gasteiger partial charge in [0, 0.05) is 6.61 Å². The molecular weight excluding hydrogens is 128 g/mol. The minimum Gasteiger partial charge on any atom is -0.397 e. The summed E-state index contributed by atoms with van der Waals surface area (Å²) in [5.74, 6) is 0. The van der Waals surface area contributed by atoms with Crippen LogP contribution in [0.3, 0.4) is 0 Å². The number of aliphatic hydroxyl groups excluding tert-OH is 1. The molecule has 0 spiro atoms. The lowest BCUT2D eigenvalue weighted by Gasteiger charge is -1.52. The zero-order valence-corrected chi connectivity index (χ0v) is 6.69. The van der Waals surface area contributed by atoms with Gasteiger partial charge in [0.2, 0.25) is 0 Å². The Morgan fingerprint density at radius 3 is 2.14 bits per heavy atom. The molecule has 0 aromatic carbocycles. The molecule has 0 aromatic rings. The molecule has 0 aromatic heterocycles. The molecule has 1 N–H and O–H groups in total. The lowest BCUT2D eigenvalue weighted by atomic mass is 10.9. The third kappa shape index (κ3) is 75.4. The Kier molecular flexibility index (Phi) is 23.9. The smallest absolute Gasteiger partial charge is 0.148 e. The predicted molar refractivity (Wildman–Crippen MR) is 37.4 cm³/mol. The summed E-state index contributed by atoms with van der Waals surface area (Å²) in [4.78, 5) is 0. The van der Waals surface area contributed by atoms with Crippen LogP contribution in [0.1, 0.15) is 6.92 Å². The SMILES string of the molecule is C=C[SiH2]Cl.CCO. The van der Waals surface area contributed by atoms with E-state index in [2.05, 4.69) is 6.58 Å². The molecule has 0 aliphatic carbocycles. The first-order chi connectivity index (χ1) is 3.33. The van der Waals surface area contributed by atoms with Crippen molar-refractivity contribution >= 4 is 19.9 Å². The highest BCUT2D eigenvalue weighted by Gasteiger charge is 1.51. The molecule has 0 aliphatic rings. The van der Waals surface area contributed by atoms with Crippen LogP contribution < -0.4 is 0 Å². The maximum atomic E-state index is 7.57. The van der Waals surface area contributed by atoms with Gasteiger partial charge < -0.3 is 5.11 Å². The average molecular weight is 139 g/mol. The Labute approximate surface area is 51.5 Å². The third-order valence-corrected chi connectivity index (χ3v) is 0.982. The van der Waals surface area contributed by atoms with E-state index in [9.17, 15) is 0 Å². The maximum Gasteiger partial charge on any atom is 0.148 e. The quantitative estimate of drug-likeness (QED) is 0.412. The van der Waals surface area contributed by atoms with Gasteiger partial charge in [-0.1, -0.05) is 5.70 Å². The maximum absolute atomic E-state index is 7.57. The number of halogens is 1. The molecule has 0 saturated carbocycles. The van der Waals surface area contributed by atoms with Crippen LogP contribution in [0.5, 0.6) is 0 Å². The molecule has 0 bridgehead atoms. The standard InChI is InChI=1S/C2H5ClSi.C2H6O/c1-2-4-3;1-2-3/h2H,1,4H2;3H,2H2,1H3. The van der Waals surface area contributed by atoms with Gasteiger partial charge >= 0.3 is 0 Å². The molecular formula is C4H11ClOSi. The summed E-state index contributed by atoms with van der Waals surface area (Å²) in [5.41, 5.74) is 1.78. The second-order valence-corrected chi connectivity index (χ2v) is 2.57. The molecule has 0 unspecified atom stereocenters. The van der Waals surface area contributed by atoms with Crippen LogP contribution in [-0.2, 0) is 0 Å². The van der Waals surface area contributed by atoms with Crippen molar-refractivity contribution in [1.29, 1.82) is 0 Å². The number of hydrogen-bond acceptors (Lipinski definition) is 1. The highest BCUT2D eigenvalue weighted by atomic mass is 35.6. The summed E-state index contributed by atoms with van der Waals surface area (Å²) in [5, 5.41) is 7.57. The minimum atomic E-state index is -0.340. The van der Waals surface area contributed by atoms with E-state index in [1.54, 1.807) is 12.6 Å². The molecule has 0 rings (SSSR count). The van der Waals surface area contributed by atoms with Crippen molar-refractivity contribution in [2.75, 3.05) is 6.61 Å². The van der Waals surface area contributed by atoms with E-state index >= 15 is 0 Å². The lowest BCUT2D eigenvalue weighted by molar-refractivity contribution is 0.318. The van der Waals surface area contributed by atoms with Gasteiger partial charge in [0.25, 0.3) is 0 Å². The van der Waals surface area contributed by atoms with Crippen LogP contribution in [0.15, 0.2) is 12.3 Å². The van der Waals surface area contributed by atoms with E-state index in [0.29, 0.717) is 0 Å². The normalized spacial score (nSPS) is 7.86. The summed E-state index contributed by atoms with van der Waals surface area (Å²) in [6, 6.07) is 0. The average Bonchev–Trinajstić information content (AvgIpc) is 1.69. The zero-order chi connectivity index (χ0) is 6.12. The van der Waals surface area contributed by atoms with Crippen LogP contribution in [-0.4, -0.2) is 20.5 Å². The van der Waals surface area contributed by atoms with Gasteiger partial charge in [0.1, 0.15) is 8.83 Å². The Hall–Kier alpha value is 0.207. The zero-order valence-electron chi connectivity index (χ0n) is 4.52. The van der Waals surface area contributed by atoms with Crippen LogP contribution in [0.25, 0.3) is 0 Å². The first-order valence-corrected chi connectivity index (χ1v) is 5.06. The molecule has 0 heterocycles. The molecule has 0 fully saturated rings. The van der Waals surface area contributed by atoms with E-state index in [-0.39, 0.29) is 15.4 Å². The van der Waals surface area contributed by atoms with E-state index in [4.69, 9.17) is 16.2 Å². The summed E-state index contributed by atoms with van der Waals surface area (Å²) in [6.07, 6.45) is 0. The summed E-state index contributed by atoms with van der Waals surface area (Å²) < 4.78 is 0. The largest absolute Gasteiger partial charge is 0.397 e. The first-order valence-electron chi connectivity index (χ1n) is 2.11. The van der Waals surface area contributed by atoms with Gasteiger partial charge in [0.15, 0.2) is 0 Å². The molecule has 0 aliphatic heterocycles. The monoisotopic (exact) mass is 138 g/mol. The van der Waals surface area contributed by atoms with E-state index in [1.807, 2.05) is 0 Å². The van der Waals surface area contributed by atoms with E-state index < -0.39 is 0 Å². The minimum absolute atomic E-state index is 0.250. The Morgan fingerprint density at radius 2 is 2.14 bits per heavy atom. The predicted octanol–water partition coefficient (Wildman–Crippen LogP) is 0.451. The first kappa shape index (κ1) is 10.2. The molecule has 3 heteroatoms. The topological polar surface area (TPSA) is 20.2 Å². The van der Waals surface area contributed by atoms with Crippen molar-refractivity contribution in [1.82, 2.24) is 0 Å². The lowest BCUT2D eigenvalue weighted by Crippen LogP contribution is -1.57. The Morgan fingerprint density at radius 1 is 2.00 bits per heavy atom. The van der Waals surface area contributed by atoms with Crippen molar-refractivity contribution in [3.05, 3.63) is 12.3 Å². The molecule has 1 nitrogen and oxygen atoms in total. The fraction of sp³-hybridized carbons (Fsp3) is 0.500. The molecule has 44 valence electrons. The van der Waals surface area contributed by atoms with Gasteiger partial charge in [-0.3, -0.25) is 0 Å². The summed E-state index contributed by atoms with van der Waals surface area (Å²) in [6.45, 7) is 5.34. The van der Waals surface area contributed by atoms with Crippen LogP contribution in [0.2, 0.25) is 0 Å². The Balaban J connectivity index is 0. The summed E-state index contributed by atoms with van der Waals surface area (Å²) >= 11 is 5.21. The van der Waals surface area contributed by atoms with Gasteiger partial charge in [-0.2, -0.15) is 11.1 Å². The Bertz CT molecular complexity index is 32.9. The van der Waals surface area contributed by atoms with Crippen molar-refractivity contribution in [3.8, 4) is 0 Å². The van der Waals surface area contributed by atoms with Crippen molar-refractivity contribution < 1.29 is 5.11 Å². The fourth-order valence-corrected chi connectivity index (χ4v) is 0. The fourth-order valence-electron chi connectivity index (χ4n) is 0. The number of hydrogen-bond donors (Lipinski definition) is 1. The van der Waals surface area contributed by atoms with Crippen molar-refractivity contribution in [2.45, 2.75) is 6.92 Å². The van der Waals surface area contributed by atoms with Crippen LogP contribution in [0.4, 0.5) is 0 Å². The van der Waals surface area contributed by atoms with Crippen molar-refractivity contribution in [2.24, 2.45) is 0 Å². The van der Waals surface area contributed by atoms with Crippen molar-refractivity contribution in [3.63, 3.8) is 0 Å². The van der Waals surface area contributed by atoms with Crippen LogP contribution >= 0.6 is 11.1 Å². The molecule has 0 atom stereocenters. The number of rotatable bonds is 1. The van der Waals surface area contributed by atoms with Gasteiger partial charge in [0.05, 0.1) is 0 Å². The van der Waals surface area contributed by atoms with E-state index in [1.165, 1.54) is 0 Å².